The Kier molecular flexibility index (Phi) is 8.36. The van der Waals surface area contributed by atoms with E-state index in [0.29, 0.717) is 40.1 Å². The molecule has 29 heavy (non-hydrogen) atoms. The Bertz CT molecular complexity index is 897. The van der Waals surface area contributed by atoms with E-state index in [0.717, 1.165) is 0 Å². The summed E-state index contributed by atoms with van der Waals surface area (Å²) in [6.45, 7) is 1.85. The lowest BCUT2D eigenvalue weighted by molar-refractivity contribution is -0.142. The molecule has 0 aliphatic rings. The fourth-order valence-corrected chi connectivity index (χ4v) is 2.64. The Hall–Kier alpha value is -3.19. The van der Waals surface area contributed by atoms with Gasteiger partial charge in [0.15, 0.2) is 18.1 Å². The number of nitrogens with one attached hydrogen (secondary N) is 1. The van der Waals surface area contributed by atoms with Gasteiger partial charge in [-0.1, -0.05) is 17.7 Å². The Labute approximate surface area is 174 Å². The minimum Gasteiger partial charge on any atom is -0.497 e. The maximum atomic E-state index is 11.9. The number of benzene rings is 2. The van der Waals surface area contributed by atoms with E-state index >= 15 is 0 Å². The number of carbonyl (C=O) groups is 2. The second-order valence-corrected chi connectivity index (χ2v) is 6.10. The molecule has 8 heteroatoms. The molecular formula is C21H22ClNO6. The van der Waals surface area contributed by atoms with Gasteiger partial charge < -0.3 is 24.3 Å². The molecule has 7 nitrogen and oxygen atoms in total. The minimum atomic E-state index is -0.672. The average molecular weight is 420 g/mol. The van der Waals surface area contributed by atoms with Gasteiger partial charge in [0.1, 0.15) is 5.75 Å². The molecule has 2 aromatic rings. The van der Waals surface area contributed by atoms with Crippen LogP contribution in [0.2, 0.25) is 5.02 Å². The molecule has 1 N–H and O–H groups in total. The summed E-state index contributed by atoms with van der Waals surface area (Å²) in [5.74, 6) is 0.350. The highest BCUT2D eigenvalue weighted by atomic mass is 35.5. The van der Waals surface area contributed by atoms with Gasteiger partial charge >= 0.3 is 5.97 Å². The molecule has 0 saturated carbocycles. The van der Waals surface area contributed by atoms with Gasteiger partial charge in [0.25, 0.3) is 5.91 Å². The van der Waals surface area contributed by atoms with Crippen LogP contribution in [0.1, 0.15) is 12.5 Å². The normalized spacial score (nSPS) is 10.5. The van der Waals surface area contributed by atoms with Gasteiger partial charge in [0.05, 0.1) is 25.8 Å². The predicted molar refractivity (Wildman–Crippen MR) is 111 cm³/mol. The molecule has 1 amide bonds. The summed E-state index contributed by atoms with van der Waals surface area (Å²) in [5.41, 5.74) is 1.16. The number of anilines is 1. The summed E-state index contributed by atoms with van der Waals surface area (Å²) < 4.78 is 20.7. The number of amides is 1. The third-order valence-electron chi connectivity index (χ3n) is 3.65. The van der Waals surface area contributed by atoms with Gasteiger partial charge in [-0.25, -0.2) is 4.79 Å². The molecule has 0 bridgehead atoms. The number of hydrogen-bond donors (Lipinski definition) is 1. The first-order chi connectivity index (χ1) is 14.0. The van der Waals surface area contributed by atoms with Crippen LogP contribution in [0.3, 0.4) is 0 Å². The lowest BCUT2D eigenvalue weighted by Gasteiger charge is -2.11. The van der Waals surface area contributed by atoms with Gasteiger partial charge in [-0.2, -0.15) is 0 Å². The fraction of sp³-hybridized carbons (Fsp3) is 0.238. The summed E-state index contributed by atoms with van der Waals surface area (Å²) in [7, 11) is 3.03. The fourth-order valence-electron chi connectivity index (χ4n) is 2.37. The standard InChI is InChI=1S/C21H22ClNO6/c1-4-28-21-17(22)10-14(11-18(21)27-3)8-9-20(25)29-13-19(24)23-15-6-5-7-16(12-15)26-2/h5-12H,4,13H2,1-3H3,(H,23,24)/b9-8+. The molecule has 0 aliphatic heterocycles. The van der Waals surface area contributed by atoms with Crippen LogP contribution < -0.4 is 19.5 Å². The second-order valence-electron chi connectivity index (χ2n) is 5.69. The Morgan fingerprint density at radius 2 is 1.93 bits per heavy atom. The number of ether oxygens (including phenoxy) is 4. The number of carbonyl (C=O) groups excluding carboxylic acids is 2. The van der Waals surface area contributed by atoms with E-state index in [1.807, 2.05) is 6.92 Å². The van der Waals surface area contributed by atoms with E-state index in [9.17, 15) is 9.59 Å². The first-order valence-electron chi connectivity index (χ1n) is 8.75. The van der Waals surface area contributed by atoms with Crippen LogP contribution in [0.25, 0.3) is 6.08 Å². The van der Waals surface area contributed by atoms with Gasteiger partial charge in [0.2, 0.25) is 0 Å². The Morgan fingerprint density at radius 1 is 1.14 bits per heavy atom. The van der Waals surface area contributed by atoms with Crippen molar-refractivity contribution in [2.75, 3.05) is 32.8 Å². The Balaban J connectivity index is 1.92. The first kappa shape index (κ1) is 22.1. The molecule has 2 aromatic carbocycles. The summed E-state index contributed by atoms with van der Waals surface area (Å²) >= 11 is 6.19. The van der Waals surface area contributed by atoms with Gasteiger partial charge in [-0.15, -0.1) is 0 Å². The van der Waals surface area contributed by atoms with Crippen molar-refractivity contribution in [3.05, 3.63) is 53.1 Å². The molecular weight excluding hydrogens is 398 g/mol. The van der Waals surface area contributed by atoms with E-state index in [2.05, 4.69) is 5.32 Å². The van der Waals surface area contributed by atoms with Crippen molar-refractivity contribution in [2.45, 2.75) is 6.92 Å². The minimum absolute atomic E-state index is 0.358. The number of hydrogen-bond acceptors (Lipinski definition) is 6. The third kappa shape index (κ3) is 6.73. The molecule has 0 atom stereocenters. The van der Waals surface area contributed by atoms with Crippen molar-refractivity contribution < 1.29 is 28.5 Å². The Morgan fingerprint density at radius 3 is 2.62 bits per heavy atom. The van der Waals surface area contributed by atoms with Crippen LogP contribution in [-0.4, -0.2) is 39.3 Å². The number of rotatable bonds is 9. The summed E-state index contributed by atoms with van der Waals surface area (Å²) in [6, 6.07) is 10.2. The quantitative estimate of drug-likeness (QED) is 0.489. The van der Waals surface area contributed by atoms with Gasteiger partial charge in [0, 0.05) is 17.8 Å². The second kappa shape index (κ2) is 11.0. The maximum absolute atomic E-state index is 11.9. The maximum Gasteiger partial charge on any atom is 0.331 e. The van der Waals surface area contributed by atoms with Crippen molar-refractivity contribution in [1.29, 1.82) is 0 Å². The van der Waals surface area contributed by atoms with Crippen LogP contribution >= 0.6 is 11.6 Å². The number of halogens is 1. The molecule has 154 valence electrons. The zero-order valence-electron chi connectivity index (χ0n) is 16.4. The monoisotopic (exact) mass is 419 g/mol. The van der Waals surface area contributed by atoms with Crippen LogP contribution in [0.15, 0.2) is 42.5 Å². The van der Waals surface area contributed by atoms with Crippen molar-refractivity contribution in [1.82, 2.24) is 0 Å². The topological polar surface area (TPSA) is 83.1 Å². The summed E-state index contributed by atoms with van der Waals surface area (Å²) in [4.78, 5) is 23.8. The summed E-state index contributed by atoms with van der Waals surface area (Å²) in [5, 5.41) is 2.98. The lowest BCUT2D eigenvalue weighted by atomic mass is 10.2. The highest BCUT2D eigenvalue weighted by molar-refractivity contribution is 6.32. The van der Waals surface area contributed by atoms with Crippen LogP contribution in [0, 0.1) is 0 Å². The highest BCUT2D eigenvalue weighted by Crippen LogP contribution is 2.36. The van der Waals surface area contributed by atoms with Crippen LogP contribution in [0.5, 0.6) is 17.2 Å². The number of esters is 1. The molecule has 0 unspecified atom stereocenters. The van der Waals surface area contributed by atoms with Crippen LogP contribution in [0.4, 0.5) is 5.69 Å². The molecule has 0 radical (unpaired) electrons. The molecule has 0 saturated heterocycles. The predicted octanol–water partition coefficient (Wildman–Crippen LogP) is 3.95. The van der Waals surface area contributed by atoms with E-state index in [1.54, 1.807) is 36.4 Å². The lowest BCUT2D eigenvalue weighted by Crippen LogP contribution is -2.20. The highest BCUT2D eigenvalue weighted by Gasteiger charge is 2.11. The van der Waals surface area contributed by atoms with Crippen molar-refractivity contribution >= 4 is 35.2 Å². The first-order valence-corrected chi connectivity index (χ1v) is 9.13. The third-order valence-corrected chi connectivity index (χ3v) is 3.93. The van der Waals surface area contributed by atoms with E-state index in [-0.39, 0.29) is 0 Å². The molecule has 0 spiro atoms. The zero-order valence-corrected chi connectivity index (χ0v) is 17.1. The molecule has 0 heterocycles. The van der Waals surface area contributed by atoms with Crippen molar-refractivity contribution in [2.24, 2.45) is 0 Å². The van der Waals surface area contributed by atoms with E-state index in [4.69, 9.17) is 30.5 Å². The van der Waals surface area contributed by atoms with Gasteiger partial charge in [-0.05, 0) is 42.8 Å². The molecule has 0 aromatic heterocycles. The van der Waals surface area contributed by atoms with E-state index in [1.165, 1.54) is 26.4 Å². The SMILES string of the molecule is CCOc1c(Cl)cc(/C=C/C(=O)OCC(=O)Nc2cccc(OC)c2)cc1OC. The molecule has 0 aliphatic carbocycles. The van der Waals surface area contributed by atoms with Crippen LogP contribution in [-0.2, 0) is 14.3 Å². The van der Waals surface area contributed by atoms with Crippen molar-refractivity contribution in [3.63, 3.8) is 0 Å². The number of methoxy groups -OCH3 is 2. The largest absolute Gasteiger partial charge is 0.497 e. The summed E-state index contributed by atoms with van der Waals surface area (Å²) in [6.07, 6.45) is 2.71. The zero-order chi connectivity index (χ0) is 21.2. The van der Waals surface area contributed by atoms with E-state index < -0.39 is 18.5 Å². The van der Waals surface area contributed by atoms with Crippen molar-refractivity contribution in [3.8, 4) is 17.2 Å². The average Bonchev–Trinajstić information content (AvgIpc) is 2.72. The molecule has 2 rings (SSSR count). The van der Waals surface area contributed by atoms with Gasteiger partial charge in [-0.3, -0.25) is 4.79 Å². The molecule has 0 fully saturated rings. The smallest absolute Gasteiger partial charge is 0.331 e.